The van der Waals surface area contributed by atoms with Crippen molar-refractivity contribution in [2.24, 2.45) is 0 Å². The molecular formula is C12H17N5. The highest BCUT2D eigenvalue weighted by molar-refractivity contribution is 5.44. The Bertz CT molecular complexity index is 434. The summed E-state index contributed by atoms with van der Waals surface area (Å²) in [6.07, 6.45) is 7.29. The highest BCUT2D eigenvalue weighted by Gasteiger charge is 2.02. The number of nitrogens with one attached hydrogen (secondary N) is 1. The number of aromatic nitrogens is 4. The lowest BCUT2D eigenvalue weighted by atomic mass is 10.2. The van der Waals surface area contributed by atoms with Gasteiger partial charge >= 0.3 is 0 Å². The molecule has 5 heteroatoms. The molecule has 0 saturated carbocycles. The van der Waals surface area contributed by atoms with E-state index in [0.29, 0.717) is 6.04 Å². The van der Waals surface area contributed by atoms with Gasteiger partial charge in [-0.3, -0.25) is 0 Å². The van der Waals surface area contributed by atoms with Crippen LogP contribution in [0.25, 0.3) is 5.82 Å². The Morgan fingerprint density at radius 2 is 2.29 bits per heavy atom. The molecule has 1 unspecified atom stereocenters. The summed E-state index contributed by atoms with van der Waals surface area (Å²) in [6.45, 7) is 4.36. The molecular weight excluding hydrogens is 214 g/mol. The Hall–Kier alpha value is -1.91. The third-order valence-electron chi connectivity index (χ3n) is 2.54. The summed E-state index contributed by atoms with van der Waals surface area (Å²) >= 11 is 0. The van der Waals surface area contributed by atoms with Gasteiger partial charge in [-0.2, -0.15) is 5.10 Å². The topological polar surface area (TPSA) is 55.6 Å². The smallest absolute Gasteiger partial charge is 0.155 e. The average Bonchev–Trinajstić information content (AvgIpc) is 2.84. The van der Waals surface area contributed by atoms with Gasteiger partial charge in [-0.25, -0.2) is 14.6 Å². The van der Waals surface area contributed by atoms with Crippen molar-refractivity contribution in [2.75, 3.05) is 5.32 Å². The van der Waals surface area contributed by atoms with Gasteiger partial charge in [-0.05, 0) is 25.5 Å². The third kappa shape index (κ3) is 3.03. The van der Waals surface area contributed by atoms with Gasteiger partial charge in [0.25, 0.3) is 0 Å². The summed E-state index contributed by atoms with van der Waals surface area (Å²) < 4.78 is 1.64. The number of rotatable bonds is 5. The fourth-order valence-electron chi connectivity index (χ4n) is 1.72. The van der Waals surface area contributed by atoms with Crippen LogP contribution in [0, 0.1) is 0 Å². The zero-order chi connectivity index (χ0) is 12.1. The highest BCUT2D eigenvalue weighted by Crippen LogP contribution is 2.11. The summed E-state index contributed by atoms with van der Waals surface area (Å²) in [7, 11) is 0. The van der Waals surface area contributed by atoms with Gasteiger partial charge in [-0.15, -0.1) is 0 Å². The molecule has 0 aliphatic heterocycles. The van der Waals surface area contributed by atoms with E-state index in [1.807, 2.05) is 18.3 Å². The van der Waals surface area contributed by atoms with Gasteiger partial charge in [0, 0.05) is 6.04 Å². The first-order valence-corrected chi connectivity index (χ1v) is 5.87. The molecule has 0 spiro atoms. The maximum atomic E-state index is 4.33. The second kappa shape index (κ2) is 5.43. The van der Waals surface area contributed by atoms with E-state index in [0.717, 1.165) is 17.9 Å². The van der Waals surface area contributed by atoms with Crippen LogP contribution >= 0.6 is 0 Å². The van der Waals surface area contributed by atoms with Crippen LogP contribution in [0.15, 0.2) is 31.0 Å². The van der Waals surface area contributed by atoms with E-state index in [1.165, 1.54) is 12.7 Å². The summed E-state index contributed by atoms with van der Waals surface area (Å²) in [4.78, 5) is 8.22. The van der Waals surface area contributed by atoms with Crippen molar-refractivity contribution >= 4 is 5.69 Å². The standard InChI is InChI=1S/C12H17N5/c1-3-4-10(2)16-11-5-6-12(14-7-11)17-9-13-8-15-17/h5-10,16H,3-4H2,1-2H3. The maximum Gasteiger partial charge on any atom is 0.155 e. The van der Waals surface area contributed by atoms with E-state index in [1.54, 1.807) is 11.0 Å². The number of nitrogens with zero attached hydrogens (tertiary/aromatic N) is 4. The number of pyridine rings is 1. The molecule has 90 valence electrons. The lowest BCUT2D eigenvalue weighted by Gasteiger charge is -2.13. The van der Waals surface area contributed by atoms with Crippen molar-refractivity contribution < 1.29 is 0 Å². The van der Waals surface area contributed by atoms with Gasteiger partial charge in [0.2, 0.25) is 0 Å². The van der Waals surface area contributed by atoms with Crippen LogP contribution in [0.1, 0.15) is 26.7 Å². The van der Waals surface area contributed by atoms with Crippen LogP contribution in [0.3, 0.4) is 0 Å². The van der Waals surface area contributed by atoms with E-state index in [-0.39, 0.29) is 0 Å². The molecule has 2 aromatic rings. The van der Waals surface area contributed by atoms with Crippen molar-refractivity contribution in [1.29, 1.82) is 0 Å². The molecule has 0 saturated heterocycles. The Balaban J connectivity index is 2.03. The first-order chi connectivity index (χ1) is 8.29. The SMILES string of the molecule is CCCC(C)Nc1ccc(-n2cncn2)nc1. The Morgan fingerprint density at radius 1 is 1.41 bits per heavy atom. The summed E-state index contributed by atoms with van der Waals surface area (Å²) in [5, 5.41) is 7.44. The lowest BCUT2D eigenvalue weighted by molar-refractivity contribution is 0.690. The quantitative estimate of drug-likeness (QED) is 0.857. The van der Waals surface area contributed by atoms with Crippen molar-refractivity contribution in [2.45, 2.75) is 32.7 Å². The van der Waals surface area contributed by atoms with Crippen molar-refractivity contribution in [3.05, 3.63) is 31.0 Å². The Labute approximate surface area is 101 Å². The largest absolute Gasteiger partial charge is 0.381 e. The molecule has 2 aromatic heterocycles. The van der Waals surface area contributed by atoms with Crippen LogP contribution in [-0.2, 0) is 0 Å². The van der Waals surface area contributed by atoms with Gasteiger partial charge in [-0.1, -0.05) is 13.3 Å². The van der Waals surface area contributed by atoms with Crippen molar-refractivity contribution in [3.63, 3.8) is 0 Å². The van der Waals surface area contributed by atoms with Crippen molar-refractivity contribution in [3.8, 4) is 5.82 Å². The van der Waals surface area contributed by atoms with Crippen molar-refractivity contribution in [1.82, 2.24) is 19.7 Å². The van der Waals surface area contributed by atoms with Crippen LogP contribution in [0.2, 0.25) is 0 Å². The molecule has 1 N–H and O–H groups in total. The molecule has 0 fully saturated rings. The normalized spacial score (nSPS) is 12.4. The molecule has 0 aliphatic rings. The Kier molecular flexibility index (Phi) is 3.69. The molecule has 0 radical (unpaired) electrons. The third-order valence-corrected chi connectivity index (χ3v) is 2.54. The Morgan fingerprint density at radius 3 is 2.88 bits per heavy atom. The van der Waals surface area contributed by atoms with Gasteiger partial charge in [0.05, 0.1) is 11.9 Å². The summed E-state index contributed by atoms with van der Waals surface area (Å²) in [5.41, 5.74) is 1.04. The van der Waals surface area contributed by atoms with Gasteiger partial charge < -0.3 is 5.32 Å². The second-order valence-electron chi connectivity index (χ2n) is 4.08. The van der Waals surface area contributed by atoms with E-state index in [2.05, 4.69) is 34.2 Å². The number of hydrogen-bond acceptors (Lipinski definition) is 4. The molecule has 2 rings (SSSR count). The molecule has 0 aromatic carbocycles. The predicted molar refractivity (Wildman–Crippen MR) is 67.1 cm³/mol. The maximum absolute atomic E-state index is 4.33. The van der Waals surface area contributed by atoms with E-state index in [9.17, 15) is 0 Å². The lowest BCUT2D eigenvalue weighted by Crippen LogP contribution is -2.14. The molecule has 2 heterocycles. The molecule has 0 aliphatic carbocycles. The van der Waals surface area contributed by atoms with Gasteiger partial charge in [0.15, 0.2) is 5.82 Å². The van der Waals surface area contributed by atoms with Crippen LogP contribution in [-0.4, -0.2) is 25.8 Å². The molecule has 1 atom stereocenters. The zero-order valence-corrected chi connectivity index (χ0v) is 10.2. The molecule has 17 heavy (non-hydrogen) atoms. The summed E-state index contributed by atoms with van der Waals surface area (Å²) in [5.74, 6) is 0.774. The minimum atomic E-state index is 0.471. The van der Waals surface area contributed by atoms with E-state index >= 15 is 0 Å². The van der Waals surface area contributed by atoms with Gasteiger partial charge in [0.1, 0.15) is 12.7 Å². The zero-order valence-electron chi connectivity index (χ0n) is 10.2. The fraction of sp³-hybridized carbons (Fsp3) is 0.417. The number of anilines is 1. The highest BCUT2D eigenvalue weighted by atomic mass is 15.3. The molecule has 0 amide bonds. The molecule has 5 nitrogen and oxygen atoms in total. The first-order valence-electron chi connectivity index (χ1n) is 5.87. The van der Waals surface area contributed by atoms with Crippen LogP contribution in [0.4, 0.5) is 5.69 Å². The second-order valence-corrected chi connectivity index (χ2v) is 4.08. The molecule has 0 bridgehead atoms. The summed E-state index contributed by atoms with van der Waals surface area (Å²) in [6, 6.07) is 4.41. The first kappa shape index (κ1) is 11.6. The number of hydrogen-bond donors (Lipinski definition) is 1. The van der Waals surface area contributed by atoms with E-state index in [4.69, 9.17) is 0 Å². The fourth-order valence-corrected chi connectivity index (χ4v) is 1.72. The minimum absolute atomic E-state index is 0.471. The predicted octanol–water partition coefficient (Wildman–Crippen LogP) is 2.26. The minimum Gasteiger partial charge on any atom is -0.381 e. The van der Waals surface area contributed by atoms with Crippen LogP contribution < -0.4 is 5.32 Å². The monoisotopic (exact) mass is 231 g/mol. The average molecular weight is 231 g/mol. The van der Waals surface area contributed by atoms with E-state index < -0.39 is 0 Å². The van der Waals surface area contributed by atoms with Crippen LogP contribution in [0.5, 0.6) is 0 Å².